The number of methoxy groups -OCH3 is 1. The van der Waals surface area contributed by atoms with Crippen LogP contribution in [0.5, 0.6) is 5.75 Å². The molecule has 3 rings (SSSR count). The van der Waals surface area contributed by atoms with Crippen molar-refractivity contribution in [1.82, 2.24) is 0 Å². The molecule has 0 aromatic heterocycles. The number of para-hydroxylation sites is 1. The maximum Gasteiger partial charge on any atom is 0.268 e. The minimum absolute atomic E-state index is 0.0187. The smallest absolute Gasteiger partial charge is 0.268 e. The molecule has 1 amide bonds. The van der Waals surface area contributed by atoms with Crippen molar-refractivity contribution in [3.05, 3.63) is 82.4 Å². The van der Waals surface area contributed by atoms with Crippen molar-refractivity contribution >= 4 is 38.9 Å². The van der Waals surface area contributed by atoms with E-state index in [9.17, 15) is 13.2 Å². The van der Waals surface area contributed by atoms with Crippen LogP contribution in [-0.2, 0) is 14.8 Å². The number of sulfonamides is 1. The zero-order valence-corrected chi connectivity index (χ0v) is 19.9. The Hall–Kier alpha value is -3.03. The monoisotopic (exact) mass is 472 g/mol. The number of nitrogens with zero attached hydrogens (tertiary/aromatic N) is 1. The first-order valence-corrected chi connectivity index (χ1v) is 11.7. The van der Waals surface area contributed by atoms with Crippen molar-refractivity contribution in [3.8, 4) is 5.75 Å². The summed E-state index contributed by atoms with van der Waals surface area (Å²) in [6, 6.07) is 16.8. The first kappa shape index (κ1) is 23.6. The molecule has 1 N–H and O–H groups in total. The molecule has 0 radical (unpaired) electrons. The normalized spacial score (nSPS) is 11.2. The summed E-state index contributed by atoms with van der Waals surface area (Å²) in [5, 5.41) is 3.31. The molecule has 0 bridgehead atoms. The van der Waals surface area contributed by atoms with E-state index in [1.54, 1.807) is 43.3 Å². The average molecular weight is 473 g/mol. The molecule has 0 aliphatic heterocycles. The molecule has 0 spiro atoms. The SMILES string of the molecule is COc1ccc(C)cc1S(=O)(=O)N(CC(=O)Nc1c(C)cccc1C)c1ccc(Cl)cc1. The quantitative estimate of drug-likeness (QED) is 0.518. The van der Waals surface area contributed by atoms with E-state index in [2.05, 4.69) is 5.32 Å². The molecule has 0 heterocycles. The van der Waals surface area contributed by atoms with Gasteiger partial charge in [0.2, 0.25) is 5.91 Å². The maximum absolute atomic E-state index is 13.7. The van der Waals surface area contributed by atoms with Gasteiger partial charge in [-0.15, -0.1) is 0 Å². The number of hydrogen-bond acceptors (Lipinski definition) is 4. The first-order valence-electron chi connectivity index (χ1n) is 9.92. The van der Waals surface area contributed by atoms with Crippen LogP contribution in [0.2, 0.25) is 5.02 Å². The van der Waals surface area contributed by atoms with Gasteiger partial charge in [0.25, 0.3) is 10.0 Å². The molecule has 0 unspecified atom stereocenters. The van der Waals surface area contributed by atoms with Crippen molar-refractivity contribution in [2.45, 2.75) is 25.7 Å². The van der Waals surface area contributed by atoms with Crippen LogP contribution in [0.25, 0.3) is 0 Å². The maximum atomic E-state index is 13.7. The third-order valence-corrected chi connectivity index (χ3v) is 7.08. The van der Waals surface area contributed by atoms with Crippen molar-refractivity contribution in [2.75, 3.05) is 23.3 Å². The van der Waals surface area contributed by atoms with E-state index in [0.717, 1.165) is 21.0 Å². The summed E-state index contributed by atoms with van der Waals surface area (Å²) in [5.41, 5.74) is 3.51. The van der Waals surface area contributed by atoms with Crippen LogP contribution in [0.1, 0.15) is 16.7 Å². The molecular formula is C24H25ClN2O4S. The van der Waals surface area contributed by atoms with Crippen LogP contribution in [0.15, 0.2) is 65.6 Å². The van der Waals surface area contributed by atoms with E-state index < -0.39 is 22.5 Å². The predicted octanol–water partition coefficient (Wildman–Crippen LogP) is 5.11. The number of aryl methyl sites for hydroxylation is 3. The lowest BCUT2D eigenvalue weighted by Crippen LogP contribution is -2.38. The van der Waals surface area contributed by atoms with Gasteiger partial charge in [-0.1, -0.05) is 35.9 Å². The van der Waals surface area contributed by atoms with Gasteiger partial charge in [-0.2, -0.15) is 0 Å². The van der Waals surface area contributed by atoms with Crippen molar-refractivity contribution in [1.29, 1.82) is 0 Å². The van der Waals surface area contributed by atoms with Crippen LogP contribution in [0.3, 0.4) is 0 Å². The fourth-order valence-corrected chi connectivity index (χ4v) is 5.14. The summed E-state index contributed by atoms with van der Waals surface area (Å²) in [5.74, 6) is -0.266. The standard InChI is InChI=1S/C24H25ClN2O4S/c1-16-8-13-21(31-4)22(14-16)32(29,30)27(20-11-9-19(25)10-12-20)15-23(28)26-24-17(2)6-5-7-18(24)3/h5-14H,15H2,1-4H3,(H,26,28). The zero-order valence-electron chi connectivity index (χ0n) is 18.3. The molecule has 3 aromatic carbocycles. The number of anilines is 2. The number of hydrogen-bond donors (Lipinski definition) is 1. The number of amides is 1. The molecule has 0 atom stereocenters. The van der Waals surface area contributed by atoms with Crippen molar-refractivity contribution < 1.29 is 17.9 Å². The molecule has 3 aromatic rings. The third kappa shape index (κ3) is 5.06. The molecule has 0 aliphatic carbocycles. The second kappa shape index (κ2) is 9.63. The van der Waals surface area contributed by atoms with Gasteiger partial charge in [0.15, 0.2) is 0 Å². The highest BCUT2D eigenvalue weighted by molar-refractivity contribution is 7.93. The molecule has 32 heavy (non-hydrogen) atoms. The average Bonchev–Trinajstić information content (AvgIpc) is 2.75. The Balaban J connectivity index is 2.04. The van der Waals surface area contributed by atoms with Gasteiger partial charge in [-0.3, -0.25) is 9.10 Å². The summed E-state index contributed by atoms with van der Waals surface area (Å²) in [6.45, 7) is 5.13. The largest absolute Gasteiger partial charge is 0.495 e. The van der Waals surface area contributed by atoms with E-state index >= 15 is 0 Å². The van der Waals surface area contributed by atoms with E-state index in [0.29, 0.717) is 16.4 Å². The summed E-state index contributed by atoms with van der Waals surface area (Å²) in [6.07, 6.45) is 0. The number of ether oxygens (including phenoxy) is 1. The Kier molecular flexibility index (Phi) is 7.11. The number of carbonyl (C=O) groups excluding carboxylic acids is 1. The van der Waals surface area contributed by atoms with Gasteiger partial charge < -0.3 is 10.1 Å². The number of halogens is 1. The van der Waals surface area contributed by atoms with Gasteiger partial charge in [-0.05, 0) is 73.9 Å². The Labute approximate surface area is 193 Å². The summed E-state index contributed by atoms with van der Waals surface area (Å²) >= 11 is 6.00. The summed E-state index contributed by atoms with van der Waals surface area (Å²) in [4.78, 5) is 13.0. The molecule has 168 valence electrons. The molecular weight excluding hydrogens is 448 g/mol. The van der Waals surface area contributed by atoms with Gasteiger partial charge in [0, 0.05) is 10.7 Å². The lowest BCUT2D eigenvalue weighted by atomic mass is 10.1. The van der Waals surface area contributed by atoms with E-state index in [1.165, 1.54) is 13.2 Å². The molecule has 0 aliphatic rings. The Morgan fingerprint density at radius 3 is 2.22 bits per heavy atom. The van der Waals surface area contributed by atoms with Gasteiger partial charge in [-0.25, -0.2) is 8.42 Å². The molecule has 0 saturated carbocycles. The van der Waals surface area contributed by atoms with E-state index in [1.807, 2.05) is 32.0 Å². The molecule has 0 saturated heterocycles. The Bertz CT molecular complexity index is 1220. The summed E-state index contributed by atoms with van der Waals surface area (Å²) in [7, 11) is -2.73. The minimum atomic E-state index is -4.14. The Morgan fingerprint density at radius 2 is 1.62 bits per heavy atom. The van der Waals surface area contributed by atoms with Gasteiger partial charge in [0.1, 0.15) is 17.2 Å². The van der Waals surface area contributed by atoms with Crippen LogP contribution < -0.4 is 14.4 Å². The van der Waals surface area contributed by atoms with Crippen molar-refractivity contribution in [2.24, 2.45) is 0 Å². The van der Waals surface area contributed by atoms with Crippen LogP contribution >= 0.6 is 11.6 Å². The fourth-order valence-electron chi connectivity index (χ4n) is 3.35. The lowest BCUT2D eigenvalue weighted by Gasteiger charge is -2.25. The highest BCUT2D eigenvalue weighted by atomic mass is 35.5. The first-order chi connectivity index (χ1) is 15.1. The van der Waals surface area contributed by atoms with Crippen LogP contribution in [0, 0.1) is 20.8 Å². The van der Waals surface area contributed by atoms with Crippen molar-refractivity contribution in [3.63, 3.8) is 0 Å². The number of benzene rings is 3. The second-order valence-electron chi connectivity index (χ2n) is 7.46. The lowest BCUT2D eigenvalue weighted by molar-refractivity contribution is -0.114. The van der Waals surface area contributed by atoms with Crippen LogP contribution in [0.4, 0.5) is 11.4 Å². The highest BCUT2D eigenvalue weighted by Gasteiger charge is 2.30. The Morgan fingerprint density at radius 1 is 1.00 bits per heavy atom. The van der Waals surface area contributed by atoms with Gasteiger partial charge in [0.05, 0.1) is 12.8 Å². The molecule has 0 fully saturated rings. The third-order valence-electron chi connectivity index (χ3n) is 5.03. The number of carbonyl (C=O) groups is 1. The molecule has 6 nitrogen and oxygen atoms in total. The molecule has 8 heteroatoms. The summed E-state index contributed by atoms with van der Waals surface area (Å²) < 4.78 is 33.8. The topological polar surface area (TPSA) is 75.7 Å². The predicted molar refractivity (Wildman–Crippen MR) is 128 cm³/mol. The number of rotatable bonds is 7. The zero-order chi connectivity index (χ0) is 23.5. The second-order valence-corrected chi connectivity index (χ2v) is 9.72. The fraction of sp³-hybridized carbons (Fsp3) is 0.208. The van der Waals surface area contributed by atoms with Crippen LogP contribution in [-0.4, -0.2) is 28.0 Å². The number of nitrogens with one attached hydrogen (secondary N) is 1. The minimum Gasteiger partial charge on any atom is -0.495 e. The highest BCUT2D eigenvalue weighted by Crippen LogP contribution is 2.31. The van der Waals surface area contributed by atoms with E-state index in [-0.39, 0.29) is 10.6 Å². The van der Waals surface area contributed by atoms with E-state index in [4.69, 9.17) is 16.3 Å². The van der Waals surface area contributed by atoms with Gasteiger partial charge >= 0.3 is 0 Å².